The van der Waals surface area contributed by atoms with Gasteiger partial charge >= 0.3 is 0 Å². The van der Waals surface area contributed by atoms with E-state index in [0.29, 0.717) is 0 Å². The van der Waals surface area contributed by atoms with Gasteiger partial charge in [-0.2, -0.15) is 0 Å². The number of carbonyl (C=O) groups excluding carboxylic acids is 1. The van der Waals surface area contributed by atoms with Crippen LogP contribution in [0, 0.1) is 0 Å². The van der Waals surface area contributed by atoms with E-state index in [-0.39, 0.29) is 10.7 Å². The van der Waals surface area contributed by atoms with Gasteiger partial charge in [0.15, 0.2) is 0 Å². The number of halogens is 1. The molecule has 0 saturated heterocycles. The van der Waals surface area contributed by atoms with Gasteiger partial charge in [-0.25, -0.2) is 0 Å². The molecule has 1 unspecified atom stereocenters. The average Bonchev–Trinajstić information content (AvgIpc) is 2.75. The van der Waals surface area contributed by atoms with Crippen LogP contribution in [0.2, 0.25) is 0 Å². The molecule has 1 aliphatic rings. The Morgan fingerprint density at radius 2 is 2.44 bits per heavy atom. The van der Waals surface area contributed by atoms with Crippen molar-refractivity contribution in [2.75, 3.05) is 11.9 Å². The van der Waals surface area contributed by atoms with Gasteiger partial charge < -0.3 is 10.1 Å². The average molecular weight is 284 g/mol. The summed E-state index contributed by atoms with van der Waals surface area (Å²) in [6.45, 7) is 2.71. The van der Waals surface area contributed by atoms with Gasteiger partial charge in [0.25, 0.3) is 0 Å². The molecule has 0 aromatic heterocycles. The van der Waals surface area contributed by atoms with Crippen molar-refractivity contribution in [3.63, 3.8) is 0 Å². The molecule has 1 aliphatic heterocycles. The van der Waals surface area contributed by atoms with Crippen molar-refractivity contribution in [1.29, 1.82) is 0 Å². The third-order valence-electron chi connectivity index (χ3n) is 2.60. The van der Waals surface area contributed by atoms with Gasteiger partial charge in [0, 0.05) is 12.1 Å². The second kappa shape index (κ2) is 4.87. The maximum Gasteiger partial charge on any atom is 0.238 e. The second-order valence-electron chi connectivity index (χ2n) is 3.79. The molecule has 0 saturated carbocycles. The number of benzene rings is 1. The number of carbonyl (C=O) groups is 1. The number of rotatable bonds is 3. The lowest BCUT2D eigenvalue weighted by atomic mass is 10.1. The minimum atomic E-state index is -0.128. The highest BCUT2D eigenvalue weighted by Crippen LogP contribution is 2.28. The van der Waals surface area contributed by atoms with Crippen molar-refractivity contribution in [2.45, 2.75) is 24.6 Å². The van der Waals surface area contributed by atoms with E-state index in [9.17, 15) is 4.79 Å². The van der Waals surface area contributed by atoms with Crippen LogP contribution < -0.4 is 10.1 Å². The quantitative estimate of drug-likeness (QED) is 0.867. The van der Waals surface area contributed by atoms with Crippen LogP contribution in [0.1, 0.15) is 18.9 Å². The lowest BCUT2D eigenvalue weighted by Gasteiger charge is -2.09. The molecule has 0 spiro atoms. The zero-order valence-electron chi connectivity index (χ0n) is 9.13. The molecule has 86 valence electrons. The van der Waals surface area contributed by atoms with Crippen LogP contribution in [0.15, 0.2) is 18.2 Å². The highest BCUT2D eigenvalue weighted by atomic mass is 79.9. The Hall–Kier alpha value is -1.03. The third kappa shape index (κ3) is 2.38. The standard InChI is InChI=1S/C12H14BrNO2/c1-2-10(13)12(15)14-9-3-4-11-8(7-9)5-6-16-11/h3-4,7,10H,2,5-6H2,1H3,(H,14,15). The second-order valence-corrected chi connectivity index (χ2v) is 4.89. The van der Waals surface area contributed by atoms with Crippen molar-refractivity contribution in [3.05, 3.63) is 23.8 Å². The Morgan fingerprint density at radius 1 is 1.62 bits per heavy atom. The van der Waals surface area contributed by atoms with E-state index < -0.39 is 0 Å². The van der Waals surface area contributed by atoms with Gasteiger partial charge in [0.2, 0.25) is 5.91 Å². The van der Waals surface area contributed by atoms with Crippen LogP contribution in [0.4, 0.5) is 5.69 Å². The first kappa shape index (κ1) is 11.5. The summed E-state index contributed by atoms with van der Waals surface area (Å²) < 4.78 is 5.41. The van der Waals surface area contributed by atoms with Crippen LogP contribution in [-0.4, -0.2) is 17.3 Å². The number of hydrogen-bond acceptors (Lipinski definition) is 2. The summed E-state index contributed by atoms with van der Waals surface area (Å²) in [4.78, 5) is 11.5. The molecule has 0 bridgehead atoms. The normalized spacial score (nSPS) is 15.1. The molecular weight excluding hydrogens is 270 g/mol. The Labute approximate surface area is 103 Å². The molecule has 1 aromatic carbocycles. The Balaban J connectivity index is 2.08. The smallest absolute Gasteiger partial charge is 0.238 e. The fourth-order valence-electron chi connectivity index (χ4n) is 1.67. The maximum atomic E-state index is 11.7. The van der Waals surface area contributed by atoms with Gasteiger partial charge in [0.1, 0.15) is 5.75 Å². The SMILES string of the molecule is CCC(Br)C(=O)Nc1ccc2c(c1)CCO2. The lowest BCUT2D eigenvalue weighted by Crippen LogP contribution is -2.21. The summed E-state index contributed by atoms with van der Waals surface area (Å²) in [7, 11) is 0. The topological polar surface area (TPSA) is 38.3 Å². The Bertz CT molecular complexity index is 406. The number of alkyl halides is 1. The minimum absolute atomic E-state index is 0.00126. The van der Waals surface area contributed by atoms with Gasteiger partial charge in [-0.05, 0) is 30.2 Å². The van der Waals surface area contributed by atoms with Gasteiger partial charge in [-0.3, -0.25) is 4.79 Å². The summed E-state index contributed by atoms with van der Waals surface area (Å²) in [5.41, 5.74) is 2.01. The van der Waals surface area contributed by atoms with Gasteiger partial charge in [0.05, 0.1) is 11.4 Å². The molecular formula is C12H14BrNO2. The van der Waals surface area contributed by atoms with Crippen molar-refractivity contribution >= 4 is 27.5 Å². The zero-order chi connectivity index (χ0) is 11.5. The summed E-state index contributed by atoms with van der Waals surface area (Å²) in [5.74, 6) is 0.935. The van der Waals surface area contributed by atoms with Gasteiger partial charge in [-0.1, -0.05) is 22.9 Å². The van der Waals surface area contributed by atoms with Crippen LogP contribution in [0.3, 0.4) is 0 Å². The first-order valence-corrected chi connectivity index (χ1v) is 6.33. The van der Waals surface area contributed by atoms with Crippen molar-refractivity contribution in [2.24, 2.45) is 0 Å². The highest BCUT2D eigenvalue weighted by molar-refractivity contribution is 9.10. The first-order chi connectivity index (χ1) is 7.70. The van der Waals surface area contributed by atoms with Crippen LogP contribution >= 0.6 is 15.9 Å². The number of nitrogens with one attached hydrogen (secondary N) is 1. The van der Waals surface area contributed by atoms with E-state index in [1.165, 1.54) is 5.56 Å². The molecule has 2 rings (SSSR count). The van der Waals surface area contributed by atoms with E-state index in [1.807, 2.05) is 25.1 Å². The monoisotopic (exact) mass is 283 g/mol. The summed E-state index contributed by atoms with van der Waals surface area (Å²) in [6.07, 6.45) is 1.70. The predicted molar refractivity (Wildman–Crippen MR) is 67.3 cm³/mol. The van der Waals surface area contributed by atoms with E-state index in [2.05, 4.69) is 21.2 Å². The maximum absolute atomic E-state index is 11.7. The van der Waals surface area contributed by atoms with Crippen LogP contribution in [0.25, 0.3) is 0 Å². The molecule has 1 amide bonds. The predicted octanol–water partition coefficient (Wildman–Crippen LogP) is 2.73. The first-order valence-electron chi connectivity index (χ1n) is 5.41. The van der Waals surface area contributed by atoms with Crippen LogP contribution in [0.5, 0.6) is 5.75 Å². The number of amides is 1. The molecule has 1 heterocycles. The van der Waals surface area contributed by atoms with E-state index in [4.69, 9.17) is 4.74 Å². The fourth-order valence-corrected chi connectivity index (χ4v) is 1.78. The molecule has 0 fully saturated rings. The molecule has 1 atom stereocenters. The van der Waals surface area contributed by atoms with E-state index >= 15 is 0 Å². The molecule has 1 aromatic rings. The lowest BCUT2D eigenvalue weighted by molar-refractivity contribution is -0.115. The molecule has 0 aliphatic carbocycles. The minimum Gasteiger partial charge on any atom is -0.493 e. The summed E-state index contributed by atoms with van der Waals surface area (Å²) >= 11 is 3.33. The molecule has 4 heteroatoms. The molecule has 0 radical (unpaired) electrons. The highest BCUT2D eigenvalue weighted by Gasteiger charge is 2.15. The van der Waals surface area contributed by atoms with Crippen LogP contribution in [-0.2, 0) is 11.2 Å². The summed E-state index contributed by atoms with van der Waals surface area (Å²) in [5, 5.41) is 2.88. The number of fused-ring (bicyclic) bond motifs is 1. The van der Waals surface area contributed by atoms with Crippen molar-refractivity contribution < 1.29 is 9.53 Å². The third-order valence-corrected chi connectivity index (χ3v) is 3.66. The van der Waals surface area contributed by atoms with E-state index in [1.54, 1.807) is 0 Å². The Kier molecular flexibility index (Phi) is 3.49. The zero-order valence-corrected chi connectivity index (χ0v) is 10.7. The fraction of sp³-hybridized carbons (Fsp3) is 0.417. The molecule has 1 N–H and O–H groups in total. The molecule has 3 nitrogen and oxygen atoms in total. The number of ether oxygens (including phenoxy) is 1. The largest absolute Gasteiger partial charge is 0.493 e. The van der Waals surface area contributed by atoms with Gasteiger partial charge in [-0.15, -0.1) is 0 Å². The van der Waals surface area contributed by atoms with E-state index in [0.717, 1.165) is 30.9 Å². The van der Waals surface area contributed by atoms with Crippen molar-refractivity contribution in [1.82, 2.24) is 0 Å². The molecule has 16 heavy (non-hydrogen) atoms. The Morgan fingerprint density at radius 3 is 3.19 bits per heavy atom. The number of anilines is 1. The summed E-state index contributed by atoms with van der Waals surface area (Å²) in [6, 6.07) is 5.76. The number of hydrogen-bond donors (Lipinski definition) is 1. The van der Waals surface area contributed by atoms with Crippen molar-refractivity contribution in [3.8, 4) is 5.75 Å².